The number of pyridine rings is 1. The van der Waals surface area contributed by atoms with Gasteiger partial charge in [0.25, 0.3) is 0 Å². The molecule has 1 N–H and O–H groups in total. The van der Waals surface area contributed by atoms with Crippen molar-refractivity contribution in [3.63, 3.8) is 0 Å². The van der Waals surface area contributed by atoms with Crippen molar-refractivity contribution in [1.82, 2.24) is 14.8 Å². The van der Waals surface area contributed by atoms with Crippen LogP contribution in [-0.2, 0) is 6.54 Å². The van der Waals surface area contributed by atoms with Crippen molar-refractivity contribution in [3.8, 4) is 0 Å². The molecule has 4 nitrogen and oxygen atoms in total. The number of aliphatic hydroxyl groups excluding tert-OH is 1. The molecule has 0 spiro atoms. The molecule has 0 bridgehead atoms. The molecule has 106 valence electrons. The number of hydrogen-bond donors (Lipinski definition) is 1. The van der Waals surface area contributed by atoms with Gasteiger partial charge in [0.05, 0.1) is 6.61 Å². The molecule has 19 heavy (non-hydrogen) atoms. The Kier molecular flexibility index (Phi) is 5.85. The van der Waals surface area contributed by atoms with E-state index in [1.165, 1.54) is 0 Å². The number of nitrogens with zero attached hydrogens (tertiary/aromatic N) is 3. The molecule has 0 aromatic carbocycles. The Balaban J connectivity index is 1.92. The van der Waals surface area contributed by atoms with Crippen molar-refractivity contribution >= 4 is 23.2 Å². The van der Waals surface area contributed by atoms with E-state index in [1.807, 2.05) is 0 Å². The fraction of sp³-hybridized carbons (Fsp3) is 0.615. The maximum atomic E-state index is 8.98. The van der Waals surface area contributed by atoms with Gasteiger partial charge in [-0.3, -0.25) is 9.80 Å². The molecular weight excluding hydrogens is 285 g/mol. The van der Waals surface area contributed by atoms with E-state index in [0.29, 0.717) is 10.2 Å². The predicted octanol–water partition coefficient (Wildman–Crippen LogP) is 1.89. The van der Waals surface area contributed by atoms with Gasteiger partial charge >= 0.3 is 0 Å². The van der Waals surface area contributed by atoms with E-state index in [0.717, 1.165) is 51.3 Å². The molecule has 2 rings (SSSR count). The van der Waals surface area contributed by atoms with Crippen LogP contribution in [0.3, 0.4) is 0 Å². The number of halogens is 2. The van der Waals surface area contributed by atoms with Gasteiger partial charge in [0.2, 0.25) is 0 Å². The van der Waals surface area contributed by atoms with E-state index >= 15 is 0 Å². The van der Waals surface area contributed by atoms with Crippen LogP contribution in [0.25, 0.3) is 0 Å². The first kappa shape index (κ1) is 15.0. The van der Waals surface area contributed by atoms with Crippen molar-refractivity contribution in [1.29, 1.82) is 0 Å². The monoisotopic (exact) mass is 303 g/mol. The van der Waals surface area contributed by atoms with Crippen LogP contribution in [0.4, 0.5) is 0 Å². The highest BCUT2D eigenvalue weighted by molar-refractivity contribution is 6.34. The quantitative estimate of drug-likeness (QED) is 0.862. The molecule has 0 aliphatic carbocycles. The van der Waals surface area contributed by atoms with E-state index in [2.05, 4.69) is 14.8 Å². The second kappa shape index (κ2) is 7.41. The number of rotatable bonds is 4. The van der Waals surface area contributed by atoms with Gasteiger partial charge in [-0.1, -0.05) is 23.2 Å². The van der Waals surface area contributed by atoms with Crippen LogP contribution in [0.2, 0.25) is 10.2 Å². The Morgan fingerprint density at radius 2 is 1.89 bits per heavy atom. The summed E-state index contributed by atoms with van der Waals surface area (Å²) in [5, 5.41) is 10.1. The lowest BCUT2D eigenvalue weighted by Crippen LogP contribution is -2.32. The third-order valence-electron chi connectivity index (χ3n) is 3.39. The van der Waals surface area contributed by atoms with Gasteiger partial charge in [0, 0.05) is 43.0 Å². The third-order valence-corrected chi connectivity index (χ3v) is 3.95. The fourth-order valence-electron chi connectivity index (χ4n) is 2.34. The SMILES string of the molecule is OCCN1CCCN(Cc2cnc(Cl)cc2Cl)CC1. The zero-order chi connectivity index (χ0) is 13.7. The molecular formula is C13H19Cl2N3O. The maximum absolute atomic E-state index is 8.98. The van der Waals surface area contributed by atoms with E-state index in [4.69, 9.17) is 28.3 Å². The second-order valence-electron chi connectivity index (χ2n) is 4.79. The van der Waals surface area contributed by atoms with Crippen molar-refractivity contribution < 1.29 is 5.11 Å². The fourth-order valence-corrected chi connectivity index (χ4v) is 2.77. The predicted molar refractivity (Wildman–Crippen MR) is 77.7 cm³/mol. The van der Waals surface area contributed by atoms with Crippen LogP contribution in [0, 0.1) is 0 Å². The first-order valence-electron chi connectivity index (χ1n) is 6.54. The lowest BCUT2D eigenvalue weighted by atomic mass is 10.2. The van der Waals surface area contributed by atoms with Crippen molar-refractivity contribution in [2.24, 2.45) is 0 Å². The Hall–Kier alpha value is -0.390. The second-order valence-corrected chi connectivity index (χ2v) is 5.59. The summed E-state index contributed by atoms with van der Waals surface area (Å²) in [7, 11) is 0. The lowest BCUT2D eigenvalue weighted by Gasteiger charge is -2.21. The molecule has 1 aromatic rings. The summed E-state index contributed by atoms with van der Waals surface area (Å²) in [6.45, 7) is 5.85. The minimum Gasteiger partial charge on any atom is -0.395 e. The zero-order valence-electron chi connectivity index (χ0n) is 10.9. The van der Waals surface area contributed by atoms with Crippen LogP contribution in [0.5, 0.6) is 0 Å². The molecule has 1 aromatic heterocycles. The normalized spacial score (nSPS) is 18.5. The van der Waals surface area contributed by atoms with Crippen LogP contribution < -0.4 is 0 Å². The molecule has 1 fully saturated rings. The molecule has 0 unspecified atom stereocenters. The molecule has 1 aliphatic rings. The summed E-state index contributed by atoms with van der Waals surface area (Å²) >= 11 is 12.0. The topological polar surface area (TPSA) is 39.6 Å². The average molecular weight is 304 g/mol. The number of aromatic nitrogens is 1. The van der Waals surface area contributed by atoms with E-state index in [-0.39, 0.29) is 6.61 Å². The van der Waals surface area contributed by atoms with Crippen LogP contribution in [-0.4, -0.2) is 59.2 Å². The Labute approximate surface area is 123 Å². The van der Waals surface area contributed by atoms with Gasteiger partial charge in [-0.25, -0.2) is 4.98 Å². The summed E-state index contributed by atoms with van der Waals surface area (Å²) in [6.07, 6.45) is 2.86. The standard InChI is InChI=1S/C13H19Cl2N3O/c14-12-8-13(15)16-9-11(12)10-18-3-1-2-17(4-5-18)6-7-19/h8-9,19H,1-7,10H2. The van der Waals surface area contributed by atoms with Gasteiger partial charge in [-0.05, 0) is 25.6 Å². The van der Waals surface area contributed by atoms with Crippen molar-refractivity contribution in [2.75, 3.05) is 39.3 Å². The van der Waals surface area contributed by atoms with E-state index in [9.17, 15) is 0 Å². The van der Waals surface area contributed by atoms with Gasteiger partial charge in [-0.2, -0.15) is 0 Å². The third kappa shape index (κ3) is 4.58. The van der Waals surface area contributed by atoms with Gasteiger partial charge in [0.15, 0.2) is 0 Å². The molecule has 1 saturated heterocycles. The molecule has 0 saturated carbocycles. The highest BCUT2D eigenvalue weighted by atomic mass is 35.5. The molecule has 6 heteroatoms. The molecule has 0 amide bonds. The smallest absolute Gasteiger partial charge is 0.130 e. The molecule has 1 aliphatic heterocycles. The summed E-state index contributed by atoms with van der Waals surface area (Å²) < 4.78 is 0. The summed E-state index contributed by atoms with van der Waals surface area (Å²) in [5.74, 6) is 0. The summed E-state index contributed by atoms with van der Waals surface area (Å²) in [5.41, 5.74) is 1.02. The van der Waals surface area contributed by atoms with Crippen LogP contribution in [0.1, 0.15) is 12.0 Å². The van der Waals surface area contributed by atoms with Crippen LogP contribution >= 0.6 is 23.2 Å². The largest absolute Gasteiger partial charge is 0.395 e. The first-order valence-corrected chi connectivity index (χ1v) is 7.30. The van der Waals surface area contributed by atoms with E-state index in [1.54, 1.807) is 12.3 Å². The van der Waals surface area contributed by atoms with Crippen molar-refractivity contribution in [2.45, 2.75) is 13.0 Å². The highest BCUT2D eigenvalue weighted by Crippen LogP contribution is 2.20. The Morgan fingerprint density at radius 3 is 2.63 bits per heavy atom. The minimum atomic E-state index is 0.229. The maximum Gasteiger partial charge on any atom is 0.130 e. The average Bonchev–Trinajstić information content (AvgIpc) is 2.59. The Morgan fingerprint density at radius 1 is 1.16 bits per heavy atom. The van der Waals surface area contributed by atoms with Gasteiger partial charge in [-0.15, -0.1) is 0 Å². The molecule has 0 atom stereocenters. The summed E-state index contributed by atoms with van der Waals surface area (Å²) in [4.78, 5) is 8.75. The van der Waals surface area contributed by atoms with Gasteiger partial charge in [0.1, 0.15) is 5.15 Å². The number of hydrogen-bond acceptors (Lipinski definition) is 4. The van der Waals surface area contributed by atoms with Crippen LogP contribution in [0.15, 0.2) is 12.3 Å². The Bertz CT molecular complexity index is 417. The zero-order valence-corrected chi connectivity index (χ0v) is 12.4. The molecule has 2 heterocycles. The minimum absolute atomic E-state index is 0.229. The number of β-amino-alcohol motifs (C(OH)–C–C–N with tert-alkyl or cyclic N) is 1. The highest BCUT2D eigenvalue weighted by Gasteiger charge is 2.15. The lowest BCUT2D eigenvalue weighted by molar-refractivity contribution is 0.196. The first-order chi connectivity index (χ1) is 9.19. The van der Waals surface area contributed by atoms with Crippen molar-refractivity contribution in [3.05, 3.63) is 28.0 Å². The summed E-state index contributed by atoms with van der Waals surface area (Å²) in [6, 6.07) is 1.69. The number of aliphatic hydroxyl groups is 1. The van der Waals surface area contributed by atoms with Gasteiger partial charge < -0.3 is 5.11 Å². The molecule has 0 radical (unpaired) electrons. The van der Waals surface area contributed by atoms with E-state index < -0.39 is 0 Å².